The Morgan fingerprint density at radius 2 is 0.882 bits per heavy atom. The number of rotatable bonds is 3. The van der Waals surface area contributed by atoms with E-state index in [0.29, 0.717) is 33.4 Å². The van der Waals surface area contributed by atoms with Gasteiger partial charge in [0.15, 0.2) is 0 Å². The Bertz CT molecular complexity index is 3580. The molecule has 1 heteroatoms. The standard InChI is InChI=1S/C50H30O/c1-3-16-37-31(11-1)23-24-33-13-10-22-39(47(33)37)34-14-9-15-35(29-34)48-40-18-5-7-20-42(40)49(43-21-8-6-19-41(43)48)36-26-27-45-44(30-36)50-38-17-4-2-12-32(38)25-28-46(50)51-45/h1-30H/i5D,6D,7D,8D,18D,19D,20D,21D. The summed E-state index contributed by atoms with van der Waals surface area (Å²) in [6.07, 6.45) is 0. The first kappa shape index (κ1) is 21.4. The topological polar surface area (TPSA) is 13.1 Å². The summed E-state index contributed by atoms with van der Waals surface area (Å²) >= 11 is 0. The lowest BCUT2D eigenvalue weighted by Crippen LogP contribution is -1.91. The average molecular weight is 655 g/mol. The summed E-state index contributed by atoms with van der Waals surface area (Å²) in [5, 5.41) is 8.65. The minimum atomic E-state index is -0.438. The summed E-state index contributed by atoms with van der Waals surface area (Å²) in [7, 11) is 0. The van der Waals surface area contributed by atoms with Gasteiger partial charge >= 0.3 is 0 Å². The van der Waals surface area contributed by atoms with E-state index in [-0.39, 0.29) is 45.7 Å². The quantitative estimate of drug-likeness (QED) is 0.136. The van der Waals surface area contributed by atoms with E-state index in [9.17, 15) is 5.48 Å². The molecule has 0 radical (unpaired) electrons. The van der Waals surface area contributed by atoms with Crippen molar-refractivity contribution in [3.63, 3.8) is 0 Å². The third-order valence-electron chi connectivity index (χ3n) is 10.3. The van der Waals surface area contributed by atoms with Crippen LogP contribution in [-0.2, 0) is 0 Å². The van der Waals surface area contributed by atoms with Crippen molar-refractivity contribution in [1.82, 2.24) is 0 Å². The molecule has 1 nitrogen and oxygen atoms in total. The number of hydrogen-bond donors (Lipinski definition) is 0. The molecule has 0 aliphatic heterocycles. The van der Waals surface area contributed by atoms with E-state index in [1.165, 1.54) is 0 Å². The molecule has 11 rings (SSSR count). The van der Waals surface area contributed by atoms with Crippen molar-refractivity contribution in [2.45, 2.75) is 0 Å². The van der Waals surface area contributed by atoms with Crippen molar-refractivity contribution in [3.05, 3.63) is 182 Å². The van der Waals surface area contributed by atoms with Crippen molar-refractivity contribution in [1.29, 1.82) is 0 Å². The minimum absolute atomic E-state index is 0.169. The zero-order valence-electron chi connectivity index (χ0n) is 35.1. The zero-order valence-corrected chi connectivity index (χ0v) is 27.1. The van der Waals surface area contributed by atoms with Crippen LogP contribution in [0.25, 0.3) is 109 Å². The molecule has 11 aromatic rings. The van der Waals surface area contributed by atoms with Gasteiger partial charge in [0.25, 0.3) is 0 Å². The van der Waals surface area contributed by atoms with Crippen molar-refractivity contribution in [2.75, 3.05) is 0 Å². The molecule has 0 atom stereocenters. The van der Waals surface area contributed by atoms with Gasteiger partial charge in [0.05, 0.1) is 11.0 Å². The van der Waals surface area contributed by atoms with E-state index in [1.807, 2.05) is 91.0 Å². The summed E-state index contributed by atoms with van der Waals surface area (Å²) in [6.45, 7) is 0. The van der Waals surface area contributed by atoms with Gasteiger partial charge in [-0.3, -0.25) is 0 Å². The fourth-order valence-corrected chi connectivity index (χ4v) is 8.05. The molecule has 0 bridgehead atoms. The highest BCUT2D eigenvalue weighted by Crippen LogP contribution is 2.46. The van der Waals surface area contributed by atoms with E-state index < -0.39 is 24.2 Å². The molecule has 0 aliphatic rings. The molecule has 51 heavy (non-hydrogen) atoms. The smallest absolute Gasteiger partial charge is 0.136 e. The lowest BCUT2D eigenvalue weighted by atomic mass is 9.85. The second kappa shape index (κ2) is 10.9. The highest BCUT2D eigenvalue weighted by atomic mass is 16.3. The van der Waals surface area contributed by atoms with E-state index in [4.69, 9.17) is 9.90 Å². The number of benzene rings is 10. The van der Waals surface area contributed by atoms with Gasteiger partial charge in [0.2, 0.25) is 0 Å². The second-order valence-corrected chi connectivity index (χ2v) is 13.0. The van der Waals surface area contributed by atoms with Gasteiger partial charge in [-0.2, -0.15) is 0 Å². The lowest BCUT2D eigenvalue weighted by molar-refractivity contribution is 0.669. The summed E-state index contributed by atoms with van der Waals surface area (Å²) in [6, 6.07) is 40.8. The van der Waals surface area contributed by atoms with Crippen LogP contribution in [0.5, 0.6) is 0 Å². The average Bonchev–Trinajstić information content (AvgIpc) is 3.66. The van der Waals surface area contributed by atoms with Crippen LogP contribution in [0.3, 0.4) is 0 Å². The number of furan rings is 1. The van der Waals surface area contributed by atoms with Crippen molar-refractivity contribution >= 4 is 75.8 Å². The maximum absolute atomic E-state index is 9.49. The number of fused-ring (bicyclic) bond motifs is 10. The Morgan fingerprint density at radius 3 is 1.59 bits per heavy atom. The molecule has 0 unspecified atom stereocenters. The molecule has 10 aromatic carbocycles. The van der Waals surface area contributed by atoms with Crippen LogP contribution in [0.2, 0.25) is 0 Å². The maximum atomic E-state index is 9.49. The van der Waals surface area contributed by atoms with Crippen LogP contribution in [0, 0.1) is 0 Å². The third-order valence-corrected chi connectivity index (χ3v) is 10.3. The van der Waals surface area contributed by atoms with E-state index >= 15 is 0 Å². The van der Waals surface area contributed by atoms with Crippen LogP contribution in [0.4, 0.5) is 0 Å². The van der Waals surface area contributed by atoms with E-state index in [2.05, 4.69) is 36.4 Å². The van der Waals surface area contributed by atoms with E-state index in [1.54, 1.807) is 6.07 Å². The molecule has 0 saturated heterocycles. The zero-order chi connectivity index (χ0) is 40.4. The van der Waals surface area contributed by atoms with Crippen molar-refractivity contribution in [2.24, 2.45) is 0 Å². The number of hydrogen-bond acceptors (Lipinski definition) is 1. The molecule has 1 heterocycles. The minimum Gasteiger partial charge on any atom is -0.456 e. The highest BCUT2D eigenvalue weighted by molar-refractivity contribution is 6.24. The Hall–Kier alpha value is -6.70. The van der Waals surface area contributed by atoms with Gasteiger partial charge in [0.1, 0.15) is 11.2 Å². The molecule has 236 valence electrons. The summed E-state index contributed by atoms with van der Waals surface area (Å²) in [4.78, 5) is 0. The molecule has 0 spiro atoms. The van der Waals surface area contributed by atoms with Crippen molar-refractivity contribution < 1.29 is 15.4 Å². The maximum Gasteiger partial charge on any atom is 0.136 e. The molecule has 0 N–H and O–H groups in total. The Balaban J connectivity index is 1.30. The summed E-state index contributed by atoms with van der Waals surface area (Å²) < 4.78 is 79.9. The Labute approximate surface area is 305 Å². The van der Waals surface area contributed by atoms with Gasteiger partial charge in [-0.1, -0.05) is 158 Å². The second-order valence-electron chi connectivity index (χ2n) is 13.0. The van der Waals surface area contributed by atoms with Gasteiger partial charge in [0, 0.05) is 10.8 Å². The monoisotopic (exact) mass is 654 g/mol. The molecular weight excluding hydrogens is 617 g/mol. The fourth-order valence-electron chi connectivity index (χ4n) is 8.05. The van der Waals surface area contributed by atoms with Crippen LogP contribution >= 0.6 is 0 Å². The Morgan fingerprint density at radius 1 is 0.353 bits per heavy atom. The Kier molecular flexibility index (Phi) is 4.57. The fraction of sp³-hybridized carbons (Fsp3) is 0. The van der Waals surface area contributed by atoms with Gasteiger partial charge in [-0.15, -0.1) is 0 Å². The predicted molar refractivity (Wildman–Crippen MR) is 218 cm³/mol. The van der Waals surface area contributed by atoms with Gasteiger partial charge in [-0.05, 0) is 112 Å². The van der Waals surface area contributed by atoms with Gasteiger partial charge < -0.3 is 4.42 Å². The summed E-state index contributed by atoms with van der Waals surface area (Å²) in [5.41, 5.74) is 4.80. The van der Waals surface area contributed by atoms with Crippen molar-refractivity contribution in [3.8, 4) is 33.4 Å². The first-order valence-electron chi connectivity index (χ1n) is 20.9. The first-order chi connectivity index (χ1) is 28.6. The molecule has 0 aliphatic carbocycles. The van der Waals surface area contributed by atoms with Crippen LogP contribution in [0.15, 0.2) is 186 Å². The highest BCUT2D eigenvalue weighted by Gasteiger charge is 2.19. The first-order valence-corrected chi connectivity index (χ1v) is 16.9. The van der Waals surface area contributed by atoms with Gasteiger partial charge in [-0.25, -0.2) is 0 Å². The molecule has 0 fully saturated rings. The molecular formula is C50H30O. The van der Waals surface area contributed by atoms with Crippen LogP contribution in [0.1, 0.15) is 11.0 Å². The van der Waals surface area contributed by atoms with Crippen LogP contribution in [-0.4, -0.2) is 0 Å². The normalized spacial score (nSPS) is 14.1. The molecule has 0 amide bonds. The third kappa shape index (κ3) is 4.22. The van der Waals surface area contributed by atoms with E-state index in [0.717, 1.165) is 54.2 Å². The van der Waals surface area contributed by atoms with Crippen LogP contribution < -0.4 is 0 Å². The summed E-state index contributed by atoms with van der Waals surface area (Å²) in [5.74, 6) is 0. The SMILES string of the molecule is [2H]c1c([2H])c([2H])c2c(-c3ccc4oc5ccc6ccccc6c5c4c3)c3c([2H])c([2H])c([2H])c([2H])c3c(-c3cccc(-c4cccc5ccc6ccccc6c45)c3)c2c1[2H]. The molecule has 0 saturated carbocycles. The largest absolute Gasteiger partial charge is 0.456 e. The molecule has 1 aromatic heterocycles. The predicted octanol–water partition coefficient (Wildman–Crippen LogP) is 14.4. The lowest BCUT2D eigenvalue weighted by Gasteiger charge is -2.18.